The lowest BCUT2D eigenvalue weighted by Crippen LogP contribution is -2.30. The lowest BCUT2D eigenvalue weighted by atomic mass is 10.2. The Morgan fingerprint density at radius 1 is 1.26 bits per heavy atom. The summed E-state index contributed by atoms with van der Waals surface area (Å²) in [5, 5.41) is 2.48. The van der Waals surface area contributed by atoms with Crippen LogP contribution in [0.4, 0.5) is 9.18 Å². The molecule has 5 nitrogen and oxygen atoms in total. The van der Waals surface area contributed by atoms with Crippen LogP contribution in [0.5, 0.6) is 0 Å². The second-order valence-electron chi connectivity index (χ2n) is 4.90. The molecule has 0 unspecified atom stereocenters. The first-order valence-corrected chi connectivity index (χ1v) is 6.89. The van der Waals surface area contributed by atoms with Crippen LogP contribution in [0.2, 0.25) is 0 Å². The molecule has 1 aliphatic heterocycles. The number of hydrogen-bond acceptors (Lipinski definition) is 3. The Morgan fingerprint density at radius 3 is 2.83 bits per heavy atom. The van der Waals surface area contributed by atoms with E-state index >= 15 is 0 Å². The molecule has 0 atom stereocenters. The van der Waals surface area contributed by atoms with Gasteiger partial charge in [0.25, 0.3) is 5.91 Å². The van der Waals surface area contributed by atoms with E-state index in [1.807, 2.05) is 0 Å². The van der Waals surface area contributed by atoms with Crippen molar-refractivity contribution < 1.29 is 18.4 Å². The maximum Gasteiger partial charge on any atom is 0.329 e. The van der Waals surface area contributed by atoms with Gasteiger partial charge in [0.15, 0.2) is 0 Å². The number of carbonyl (C=O) groups excluding carboxylic acids is 2. The highest BCUT2D eigenvalue weighted by atomic mass is 19.1. The van der Waals surface area contributed by atoms with E-state index in [0.29, 0.717) is 17.1 Å². The van der Waals surface area contributed by atoms with Crippen LogP contribution in [0.25, 0.3) is 17.4 Å². The molecule has 0 bridgehead atoms. The predicted octanol–water partition coefficient (Wildman–Crippen LogP) is 3.16. The Labute approximate surface area is 131 Å². The average Bonchev–Trinajstić information content (AvgIpc) is 3.09. The molecule has 1 aromatic carbocycles. The van der Waals surface area contributed by atoms with E-state index < -0.39 is 11.9 Å². The second kappa shape index (κ2) is 5.92. The number of rotatable bonds is 4. The SMILES string of the molecule is C=CCN1C(=O)N/C(=C\c2ccc(-c3cccc(F)c3)o2)C1=O. The van der Waals surface area contributed by atoms with Crippen molar-refractivity contribution in [3.05, 3.63) is 66.3 Å². The molecule has 1 aliphatic rings. The summed E-state index contributed by atoms with van der Waals surface area (Å²) in [5.41, 5.74) is 0.710. The number of amides is 3. The number of nitrogens with zero attached hydrogens (tertiary/aromatic N) is 1. The lowest BCUT2D eigenvalue weighted by Gasteiger charge is -2.06. The Morgan fingerprint density at radius 2 is 2.09 bits per heavy atom. The maximum absolute atomic E-state index is 13.2. The Bertz CT molecular complexity index is 823. The smallest absolute Gasteiger partial charge is 0.329 e. The van der Waals surface area contributed by atoms with Crippen LogP contribution in [0.15, 0.2) is 59.2 Å². The van der Waals surface area contributed by atoms with E-state index in [0.717, 1.165) is 4.90 Å². The molecule has 2 aromatic rings. The number of carbonyl (C=O) groups is 2. The highest BCUT2D eigenvalue weighted by Gasteiger charge is 2.32. The van der Waals surface area contributed by atoms with E-state index in [9.17, 15) is 14.0 Å². The van der Waals surface area contributed by atoms with Crippen LogP contribution >= 0.6 is 0 Å². The van der Waals surface area contributed by atoms with E-state index in [4.69, 9.17) is 4.42 Å². The van der Waals surface area contributed by atoms with Gasteiger partial charge in [0.05, 0.1) is 0 Å². The molecule has 0 saturated carbocycles. The van der Waals surface area contributed by atoms with Gasteiger partial charge in [0.2, 0.25) is 0 Å². The minimum atomic E-state index is -0.502. The number of nitrogens with one attached hydrogen (secondary N) is 1. The molecule has 3 amide bonds. The van der Waals surface area contributed by atoms with Gasteiger partial charge in [-0.15, -0.1) is 6.58 Å². The number of benzene rings is 1. The molecule has 1 saturated heterocycles. The lowest BCUT2D eigenvalue weighted by molar-refractivity contribution is -0.122. The molecule has 2 heterocycles. The van der Waals surface area contributed by atoms with Gasteiger partial charge in [-0.2, -0.15) is 0 Å². The fourth-order valence-electron chi connectivity index (χ4n) is 2.24. The minimum absolute atomic E-state index is 0.122. The van der Waals surface area contributed by atoms with Crippen molar-refractivity contribution in [2.75, 3.05) is 6.54 Å². The number of hydrogen-bond donors (Lipinski definition) is 1. The van der Waals surface area contributed by atoms with Crippen molar-refractivity contribution in [1.29, 1.82) is 0 Å². The average molecular weight is 312 g/mol. The third-order valence-corrected chi connectivity index (χ3v) is 3.30. The fourth-order valence-corrected chi connectivity index (χ4v) is 2.24. The first-order valence-electron chi connectivity index (χ1n) is 6.89. The Kier molecular flexibility index (Phi) is 3.80. The third-order valence-electron chi connectivity index (χ3n) is 3.30. The second-order valence-corrected chi connectivity index (χ2v) is 4.90. The Hall–Kier alpha value is -3.15. The molecule has 0 radical (unpaired) electrons. The van der Waals surface area contributed by atoms with Crippen molar-refractivity contribution in [3.8, 4) is 11.3 Å². The molecule has 23 heavy (non-hydrogen) atoms. The standard InChI is InChI=1S/C17H13FN2O3/c1-2-8-20-16(21)14(19-17(20)22)10-13-6-7-15(23-13)11-4-3-5-12(18)9-11/h2-7,9-10H,1,8H2,(H,19,22)/b14-10-. The van der Waals surface area contributed by atoms with E-state index in [1.165, 1.54) is 24.3 Å². The van der Waals surface area contributed by atoms with Gasteiger partial charge in [-0.25, -0.2) is 9.18 Å². The van der Waals surface area contributed by atoms with Crippen LogP contribution in [0.1, 0.15) is 5.76 Å². The molecule has 6 heteroatoms. The minimum Gasteiger partial charge on any atom is -0.457 e. The van der Waals surface area contributed by atoms with Crippen LogP contribution in [0, 0.1) is 5.82 Å². The van der Waals surface area contributed by atoms with E-state index in [-0.39, 0.29) is 18.1 Å². The first-order chi connectivity index (χ1) is 11.1. The number of urea groups is 1. The molecule has 1 fully saturated rings. The predicted molar refractivity (Wildman–Crippen MR) is 82.5 cm³/mol. The maximum atomic E-state index is 13.2. The summed E-state index contributed by atoms with van der Waals surface area (Å²) in [7, 11) is 0. The van der Waals surface area contributed by atoms with E-state index in [1.54, 1.807) is 24.3 Å². The number of halogens is 1. The summed E-state index contributed by atoms with van der Waals surface area (Å²) in [6, 6.07) is 8.80. The fraction of sp³-hybridized carbons (Fsp3) is 0.0588. The summed E-state index contributed by atoms with van der Waals surface area (Å²) in [6.07, 6.45) is 2.90. The number of furan rings is 1. The van der Waals surface area contributed by atoms with Crippen LogP contribution < -0.4 is 5.32 Å². The van der Waals surface area contributed by atoms with Crippen molar-refractivity contribution in [2.45, 2.75) is 0 Å². The van der Waals surface area contributed by atoms with Crippen LogP contribution in [-0.4, -0.2) is 23.4 Å². The third kappa shape index (κ3) is 2.91. The molecular formula is C17H13FN2O3. The summed E-state index contributed by atoms with van der Waals surface area (Å²) < 4.78 is 18.8. The summed E-state index contributed by atoms with van der Waals surface area (Å²) in [5.74, 6) is 0.0418. The Balaban J connectivity index is 1.85. The molecule has 116 valence electrons. The number of imide groups is 1. The van der Waals surface area contributed by atoms with Gasteiger partial charge in [0, 0.05) is 18.2 Å². The zero-order valence-corrected chi connectivity index (χ0v) is 12.1. The molecule has 0 aliphatic carbocycles. The van der Waals surface area contributed by atoms with Crippen molar-refractivity contribution in [2.24, 2.45) is 0 Å². The zero-order valence-electron chi connectivity index (χ0n) is 12.1. The van der Waals surface area contributed by atoms with Gasteiger partial charge in [-0.1, -0.05) is 18.2 Å². The molecule has 0 spiro atoms. The molecule has 3 rings (SSSR count). The summed E-state index contributed by atoms with van der Waals surface area (Å²) in [6.45, 7) is 3.64. The highest BCUT2D eigenvalue weighted by Crippen LogP contribution is 2.24. The van der Waals surface area contributed by atoms with Gasteiger partial charge >= 0.3 is 6.03 Å². The van der Waals surface area contributed by atoms with Crippen LogP contribution in [0.3, 0.4) is 0 Å². The van der Waals surface area contributed by atoms with Crippen molar-refractivity contribution >= 4 is 18.0 Å². The first kappa shape index (κ1) is 14.8. The summed E-state index contributed by atoms with van der Waals surface area (Å²) in [4.78, 5) is 24.8. The van der Waals surface area contributed by atoms with Crippen molar-refractivity contribution in [1.82, 2.24) is 10.2 Å². The zero-order chi connectivity index (χ0) is 16.4. The molecule has 1 aromatic heterocycles. The van der Waals surface area contributed by atoms with Gasteiger partial charge < -0.3 is 9.73 Å². The van der Waals surface area contributed by atoms with Crippen LogP contribution in [-0.2, 0) is 4.79 Å². The summed E-state index contributed by atoms with van der Waals surface area (Å²) >= 11 is 0. The van der Waals surface area contributed by atoms with Gasteiger partial charge in [0.1, 0.15) is 23.0 Å². The van der Waals surface area contributed by atoms with Gasteiger partial charge in [-0.05, 0) is 24.3 Å². The largest absolute Gasteiger partial charge is 0.457 e. The van der Waals surface area contributed by atoms with E-state index in [2.05, 4.69) is 11.9 Å². The monoisotopic (exact) mass is 312 g/mol. The highest BCUT2D eigenvalue weighted by molar-refractivity contribution is 6.13. The quantitative estimate of drug-likeness (QED) is 0.536. The van der Waals surface area contributed by atoms with Crippen molar-refractivity contribution in [3.63, 3.8) is 0 Å². The topological polar surface area (TPSA) is 62.6 Å². The molecular weight excluding hydrogens is 299 g/mol. The molecule has 1 N–H and O–H groups in total. The normalized spacial score (nSPS) is 16.0. The van der Waals surface area contributed by atoms with Gasteiger partial charge in [-0.3, -0.25) is 9.69 Å².